The summed E-state index contributed by atoms with van der Waals surface area (Å²) in [6.07, 6.45) is 2.25. The number of primary amides is 1. The number of amides is 1. The van der Waals surface area contributed by atoms with E-state index in [1.54, 1.807) is 16.7 Å². The Balaban J connectivity index is 2.06. The molecular formula is C10H15N3OS. The van der Waals surface area contributed by atoms with Gasteiger partial charge in [-0.05, 0) is 33.0 Å². The van der Waals surface area contributed by atoms with Crippen LogP contribution in [0.15, 0.2) is 5.38 Å². The number of piperidine rings is 1. The zero-order valence-electron chi connectivity index (χ0n) is 8.77. The molecule has 0 bridgehead atoms. The number of nitrogens with zero attached hydrogens (tertiary/aromatic N) is 2. The number of rotatable bonds is 2. The van der Waals surface area contributed by atoms with Gasteiger partial charge in [0.15, 0.2) is 0 Å². The van der Waals surface area contributed by atoms with Gasteiger partial charge in [-0.25, -0.2) is 4.98 Å². The van der Waals surface area contributed by atoms with Gasteiger partial charge in [-0.15, -0.1) is 11.3 Å². The van der Waals surface area contributed by atoms with Crippen LogP contribution >= 0.6 is 11.3 Å². The molecule has 82 valence electrons. The largest absolute Gasteiger partial charge is 0.364 e. The number of hydrogen-bond donors (Lipinski definition) is 1. The maximum atomic E-state index is 10.9. The Bertz CT molecular complexity index is 355. The first-order valence-corrected chi connectivity index (χ1v) is 5.98. The summed E-state index contributed by atoms with van der Waals surface area (Å²) in [5.74, 6) is 0.0877. The quantitative estimate of drug-likeness (QED) is 0.818. The summed E-state index contributed by atoms with van der Waals surface area (Å²) >= 11 is 1.56. The maximum absolute atomic E-state index is 10.9. The lowest BCUT2D eigenvalue weighted by Gasteiger charge is -2.27. The second-order valence-corrected chi connectivity index (χ2v) is 4.90. The predicted octanol–water partition coefficient (Wildman–Crippen LogP) is 1.05. The Morgan fingerprint density at radius 1 is 1.60 bits per heavy atom. The van der Waals surface area contributed by atoms with Crippen LogP contribution in [-0.2, 0) is 0 Å². The molecule has 0 aromatic carbocycles. The fourth-order valence-electron chi connectivity index (χ4n) is 1.84. The molecule has 2 heterocycles. The number of hydrogen-bond acceptors (Lipinski definition) is 4. The van der Waals surface area contributed by atoms with E-state index in [1.165, 1.54) is 0 Å². The Morgan fingerprint density at radius 3 is 2.80 bits per heavy atom. The van der Waals surface area contributed by atoms with Crippen LogP contribution in [0.4, 0.5) is 0 Å². The van der Waals surface area contributed by atoms with Crippen LogP contribution in [0.2, 0.25) is 0 Å². The SMILES string of the molecule is CN1CCC(c2nc(C(N)=O)cs2)CC1. The van der Waals surface area contributed by atoms with Crippen LogP contribution in [-0.4, -0.2) is 35.9 Å². The monoisotopic (exact) mass is 225 g/mol. The molecule has 4 nitrogen and oxygen atoms in total. The van der Waals surface area contributed by atoms with E-state index in [1.807, 2.05) is 0 Å². The molecule has 1 fully saturated rings. The Kier molecular flexibility index (Phi) is 3.02. The second-order valence-electron chi connectivity index (χ2n) is 4.01. The highest BCUT2D eigenvalue weighted by Crippen LogP contribution is 2.29. The van der Waals surface area contributed by atoms with E-state index in [4.69, 9.17) is 5.73 Å². The van der Waals surface area contributed by atoms with Crippen LogP contribution < -0.4 is 5.73 Å². The lowest BCUT2D eigenvalue weighted by molar-refractivity contribution is 0.0996. The summed E-state index contributed by atoms with van der Waals surface area (Å²) in [5, 5.41) is 2.83. The van der Waals surface area contributed by atoms with Gasteiger partial charge in [-0.1, -0.05) is 0 Å². The second kappa shape index (κ2) is 4.28. The number of nitrogens with two attached hydrogens (primary N) is 1. The predicted molar refractivity (Wildman–Crippen MR) is 60.1 cm³/mol. The molecule has 0 spiro atoms. The molecule has 0 saturated carbocycles. The molecule has 0 radical (unpaired) electrons. The van der Waals surface area contributed by atoms with Gasteiger partial charge in [-0.3, -0.25) is 4.79 Å². The zero-order valence-corrected chi connectivity index (χ0v) is 9.59. The molecule has 5 heteroatoms. The van der Waals surface area contributed by atoms with Crippen molar-refractivity contribution in [1.29, 1.82) is 0 Å². The van der Waals surface area contributed by atoms with Gasteiger partial charge in [0.2, 0.25) is 0 Å². The van der Waals surface area contributed by atoms with Crippen molar-refractivity contribution in [2.24, 2.45) is 5.73 Å². The molecule has 2 rings (SSSR count). The summed E-state index contributed by atoms with van der Waals surface area (Å²) < 4.78 is 0. The molecule has 1 aliphatic heterocycles. The fraction of sp³-hybridized carbons (Fsp3) is 0.600. The molecule has 1 saturated heterocycles. The van der Waals surface area contributed by atoms with E-state index in [-0.39, 0.29) is 0 Å². The molecule has 15 heavy (non-hydrogen) atoms. The number of likely N-dealkylation sites (tertiary alicyclic amines) is 1. The van der Waals surface area contributed by atoms with E-state index < -0.39 is 5.91 Å². The topological polar surface area (TPSA) is 59.2 Å². The minimum atomic E-state index is -0.426. The normalized spacial score (nSPS) is 19.3. The van der Waals surface area contributed by atoms with Gasteiger partial charge in [-0.2, -0.15) is 0 Å². The van der Waals surface area contributed by atoms with Gasteiger partial charge in [0.25, 0.3) is 5.91 Å². The molecular weight excluding hydrogens is 210 g/mol. The van der Waals surface area contributed by atoms with Crippen LogP contribution in [0.25, 0.3) is 0 Å². The van der Waals surface area contributed by atoms with Crippen molar-refractivity contribution < 1.29 is 4.79 Å². The molecule has 1 amide bonds. The third-order valence-corrected chi connectivity index (χ3v) is 3.85. The first-order chi connectivity index (χ1) is 7.16. The molecule has 0 aliphatic carbocycles. The van der Waals surface area contributed by atoms with Gasteiger partial charge >= 0.3 is 0 Å². The molecule has 1 aromatic rings. The van der Waals surface area contributed by atoms with Crippen molar-refractivity contribution >= 4 is 17.2 Å². The van der Waals surface area contributed by atoms with E-state index in [0.717, 1.165) is 30.9 Å². The van der Waals surface area contributed by atoms with Crippen molar-refractivity contribution in [3.8, 4) is 0 Å². The van der Waals surface area contributed by atoms with E-state index in [2.05, 4.69) is 16.9 Å². The van der Waals surface area contributed by atoms with Gasteiger partial charge < -0.3 is 10.6 Å². The van der Waals surface area contributed by atoms with Crippen molar-refractivity contribution in [2.45, 2.75) is 18.8 Å². The van der Waals surface area contributed by atoms with Crippen molar-refractivity contribution in [3.63, 3.8) is 0 Å². The lowest BCUT2D eigenvalue weighted by Crippen LogP contribution is -2.29. The highest BCUT2D eigenvalue weighted by Gasteiger charge is 2.21. The van der Waals surface area contributed by atoms with Gasteiger partial charge in [0.1, 0.15) is 5.69 Å². The minimum Gasteiger partial charge on any atom is -0.364 e. The third kappa shape index (κ3) is 2.35. The first-order valence-electron chi connectivity index (χ1n) is 5.10. The summed E-state index contributed by atoms with van der Waals surface area (Å²) in [5.41, 5.74) is 5.59. The Hall–Kier alpha value is -0.940. The standard InChI is InChI=1S/C10H15N3OS/c1-13-4-2-7(3-5-13)10-12-8(6-15-10)9(11)14/h6-7H,2-5H2,1H3,(H2,11,14). The average molecular weight is 225 g/mol. The molecule has 2 N–H and O–H groups in total. The highest BCUT2D eigenvalue weighted by atomic mass is 32.1. The number of carbonyl (C=O) groups is 1. The van der Waals surface area contributed by atoms with Crippen LogP contribution in [0.1, 0.15) is 34.3 Å². The first kappa shape index (κ1) is 10.6. The zero-order chi connectivity index (χ0) is 10.8. The summed E-state index contributed by atoms with van der Waals surface area (Å²) in [4.78, 5) is 17.5. The Morgan fingerprint density at radius 2 is 2.27 bits per heavy atom. The van der Waals surface area contributed by atoms with Crippen molar-refractivity contribution in [2.75, 3.05) is 20.1 Å². The van der Waals surface area contributed by atoms with Crippen LogP contribution in [0.3, 0.4) is 0 Å². The molecule has 1 aliphatic rings. The minimum absolute atomic E-state index is 0.411. The smallest absolute Gasteiger partial charge is 0.268 e. The molecule has 0 unspecified atom stereocenters. The summed E-state index contributed by atoms with van der Waals surface area (Å²) in [7, 11) is 2.13. The van der Waals surface area contributed by atoms with Crippen LogP contribution in [0, 0.1) is 0 Å². The van der Waals surface area contributed by atoms with Crippen molar-refractivity contribution in [1.82, 2.24) is 9.88 Å². The third-order valence-electron chi connectivity index (χ3n) is 2.84. The lowest BCUT2D eigenvalue weighted by atomic mass is 9.98. The number of carbonyl (C=O) groups excluding carboxylic acids is 1. The summed E-state index contributed by atoms with van der Waals surface area (Å²) in [6.45, 7) is 2.21. The average Bonchev–Trinajstić information content (AvgIpc) is 2.68. The van der Waals surface area contributed by atoms with E-state index in [9.17, 15) is 4.79 Å². The van der Waals surface area contributed by atoms with E-state index in [0.29, 0.717) is 11.6 Å². The van der Waals surface area contributed by atoms with Gasteiger partial charge in [0.05, 0.1) is 5.01 Å². The molecule has 1 aromatic heterocycles. The van der Waals surface area contributed by atoms with Crippen molar-refractivity contribution in [3.05, 3.63) is 16.1 Å². The number of aromatic nitrogens is 1. The Labute approximate surface area is 93.1 Å². The highest BCUT2D eigenvalue weighted by molar-refractivity contribution is 7.09. The van der Waals surface area contributed by atoms with Crippen LogP contribution in [0.5, 0.6) is 0 Å². The van der Waals surface area contributed by atoms with E-state index >= 15 is 0 Å². The maximum Gasteiger partial charge on any atom is 0.268 e. The fourth-order valence-corrected chi connectivity index (χ4v) is 2.82. The summed E-state index contributed by atoms with van der Waals surface area (Å²) in [6, 6.07) is 0. The number of thiazole rings is 1. The molecule has 0 atom stereocenters. The van der Waals surface area contributed by atoms with Gasteiger partial charge in [0, 0.05) is 11.3 Å².